The van der Waals surface area contributed by atoms with E-state index in [2.05, 4.69) is 43.3 Å². The molecule has 4 aromatic rings. The van der Waals surface area contributed by atoms with Crippen molar-refractivity contribution < 1.29 is 19.8 Å². The van der Waals surface area contributed by atoms with Gasteiger partial charge in [0.1, 0.15) is 0 Å². The van der Waals surface area contributed by atoms with Crippen molar-refractivity contribution in [3.05, 3.63) is 74.5 Å². The number of carbonyl (C=O) groups is 2. The molecule has 204 valence electrons. The Morgan fingerprint density at radius 2 is 1.90 bits per heavy atom. The van der Waals surface area contributed by atoms with Crippen LogP contribution in [-0.2, 0) is 0 Å². The second kappa shape index (κ2) is 11.6. The van der Waals surface area contributed by atoms with E-state index in [0.717, 1.165) is 9.26 Å². The van der Waals surface area contributed by atoms with Crippen LogP contribution < -0.4 is 16.3 Å². The first-order valence-corrected chi connectivity index (χ1v) is 13.6. The molecule has 2 aromatic carbocycles. The molecule has 0 radical (unpaired) electrons. The Balaban J connectivity index is 1.30. The first kappa shape index (κ1) is 26.9. The number of urea groups is 1. The Bertz CT molecular complexity index is 1540. The number of piperidine rings is 1. The fourth-order valence-corrected chi connectivity index (χ4v) is 5.06. The third-order valence-electron chi connectivity index (χ3n) is 6.74. The quantitative estimate of drug-likeness (QED) is 0.194. The van der Waals surface area contributed by atoms with Crippen LogP contribution in [0.2, 0.25) is 0 Å². The van der Waals surface area contributed by atoms with Crippen molar-refractivity contribution in [2.75, 3.05) is 31.6 Å². The molecule has 1 atom stereocenters. The van der Waals surface area contributed by atoms with Gasteiger partial charge in [0.15, 0.2) is 0 Å². The Morgan fingerprint density at radius 1 is 1.15 bits per heavy atom. The van der Waals surface area contributed by atoms with E-state index in [1.165, 1.54) is 17.1 Å². The lowest BCUT2D eigenvalue weighted by Gasteiger charge is -2.32. The summed E-state index contributed by atoms with van der Waals surface area (Å²) in [4.78, 5) is 42.9. The van der Waals surface area contributed by atoms with Crippen molar-refractivity contribution in [2.24, 2.45) is 0 Å². The molecule has 1 saturated heterocycles. The van der Waals surface area contributed by atoms with E-state index in [1.54, 1.807) is 15.5 Å². The minimum atomic E-state index is -1.04. The highest BCUT2D eigenvalue weighted by Gasteiger charge is 2.27. The summed E-state index contributed by atoms with van der Waals surface area (Å²) in [5.74, 6) is -0.440. The van der Waals surface area contributed by atoms with Crippen LogP contribution in [0, 0.1) is 3.57 Å². The van der Waals surface area contributed by atoms with E-state index in [1.807, 2.05) is 36.4 Å². The van der Waals surface area contributed by atoms with E-state index in [0.29, 0.717) is 42.7 Å². The number of aromatic amines is 1. The molecule has 12 nitrogen and oxygen atoms in total. The second-order valence-corrected chi connectivity index (χ2v) is 10.6. The molecule has 1 aliphatic heterocycles. The molecular formula is C26H28IN7O5. The number of carbonyl (C=O) groups excluding carboxylic acids is 2. The maximum Gasteiger partial charge on any atom is 0.326 e. The zero-order valence-electron chi connectivity index (χ0n) is 20.9. The maximum atomic E-state index is 13.1. The summed E-state index contributed by atoms with van der Waals surface area (Å²) in [5.41, 5.74) is 2.67. The van der Waals surface area contributed by atoms with Crippen LogP contribution in [0.5, 0.6) is 0 Å². The number of anilines is 1. The van der Waals surface area contributed by atoms with Crippen molar-refractivity contribution in [1.82, 2.24) is 29.5 Å². The number of benzene rings is 2. The molecule has 1 aliphatic rings. The molecule has 0 spiro atoms. The van der Waals surface area contributed by atoms with Crippen LogP contribution in [0.25, 0.3) is 16.7 Å². The van der Waals surface area contributed by atoms with Crippen LogP contribution in [0.1, 0.15) is 29.2 Å². The van der Waals surface area contributed by atoms with Gasteiger partial charge in [0.25, 0.3) is 5.91 Å². The third kappa shape index (κ3) is 5.84. The van der Waals surface area contributed by atoms with Gasteiger partial charge in [-0.2, -0.15) is 5.10 Å². The van der Waals surface area contributed by atoms with Gasteiger partial charge in [0, 0.05) is 41.1 Å². The van der Waals surface area contributed by atoms with Crippen molar-refractivity contribution in [1.29, 1.82) is 0 Å². The molecule has 39 heavy (non-hydrogen) atoms. The number of rotatable bonds is 7. The number of amides is 3. The van der Waals surface area contributed by atoms with E-state index >= 15 is 0 Å². The van der Waals surface area contributed by atoms with Crippen LogP contribution in [0.3, 0.4) is 0 Å². The van der Waals surface area contributed by atoms with Gasteiger partial charge in [-0.25, -0.2) is 14.3 Å². The lowest BCUT2D eigenvalue weighted by atomic mass is 10.0. The molecule has 0 saturated carbocycles. The van der Waals surface area contributed by atoms with Crippen LogP contribution in [0.15, 0.2) is 59.7 Å². The zero-order valence-corrected chi connectivity index (χ0v) is 23.0. The molecule has 0 bridgehead atoms. The van der Waals surface area contributed by atoms with Gasteiger partial charge in [-0.1, -0.05) is 6.07 Å². The Morgan fingerprint density at radius 3 is 2.62 bits per heavy atom. The first-order valence-electron chi connectivity index (χ1n) is 12.5. The number of hydrogen-bond acceptors (Lipinski definition) is 6. The van der Waals surface area contributed by atoms with Gasteiger partial charge < -0.3 is 30.7 Å². The summed E-state index contributed by atoms with van der Waals surface area (Å²) in [6.45, 7) is 0.494. The van der Waals surface area contributed by atoms with Crippen LogP contribution >= 0.6 is 22.6 Å². The van der Waals surface area contributed by atoms with Crippen molar-refractivity contribution in [3.63, 3.8) is 0 Å². The number of H-pyrrole nitrogens is 1. The van der Waals surface area contributed by atoms with E-state index in [4.69, 9.17) is 5.11 Å². The summed E-state index contributed by atoms with van der Waals surface area (Å²) in [6, 6.07) is 12.8. The normalized spacial score (nSPS) is 14.9. The minimum absolute atomic E-state index is 0.0826. The van der Waals surface area contributed by atoms with Crippen molar-refractivity contribution in [3.8, 4) is 5.69 Å². The maximum absolute atomic E-state index is 13.1. The fraction of sp³-hybridized carbons (Fsp3) is 0.308. The van der Waals surface area contributed by atoms with Gasteiger partial charge in [-0.3, -0.25) is 9.36 Å². The Hall–Kier alpha value is -3.69. The molecule has 3 heterocycles. The topological polar surface area (TPSA) is 158 Å². The standard InChI is InChI=1S/C26H28IN7O5/c27-17-4-6-18(7-5-17)30-25(38)32-10-8-19(9-11-32)34-22-3-1-2-21(23(22)31-26(34)39)33-14-16(12-29-33)24(37)28-13-20(36)15-35/h1-7,12,14,19-20,35-36H,8-11,13,15H2,(H,28,37)(H,30,38)(H,31,39). The van der Waals surface area contributed by atoms with Gasteiger partial charge >= 0.3 is 11.7 Å². The summed E-state index contributed by atoms with van der Waals surface area (Å²) >= 11 is 2.21. The molecule has 5 N–H and O–H groups in total. The average Bonchev–Trinajstić information content (AvgIpc) is 3.57. The number of para-hydroxylation sites is 1. The predicted molar refractivity (Wildman–Crippen MR) is 153 cm³/mol. The number of aliphatic hydroxyl groups is 2. The third-order valence-corrected chi connectivity index (χ3v) is 7.46. The molecule has 13 heteroatoms. The van der Waals surface area contributed by atoms with Gasteiger partial charge in [-0.05, 0) is 71.8 Å². The van der Waals surface area contributed by atoms with Gasteiger partial charge in [-0.15, -0.1) is 0 Å². The lowest BCUT2D eigenvalue weighted by Crippen LogP contribution is -2.42. The fourth-order valence-electron chi connectivity index (χ4n) is 4.70. The number of nitrogens with zero attached hydrogens (tertiary/aromatic N) is 4. The number of hydrogen-bond donors (Lipinski definition) is 5. The number of fused-ring (bicyclic) bond motifs is 1. The van der Waals surface area contributed by atoms with Crippen LogP contribution in [-0.4, -0.2) is 78.7 Å². The van der Waals surface area contributed by atoms with E-state index < -0.39 is 18.6 Å². The number of aromatic nitrogens is 4. The van der Waals surface area contributed by atoms with E-state index in [9.17, 15) is 19.5 Å². The van der Waals surface area contributed by atoms with Crippen molar-refractivity contribution >= 4 is 51.2 Å². The molecule has 3 amide bonds. The Labute approximate surface area is 236 Å². The minimum Gasteiger partial charge on any atom is -0.394 e. The lowest BCUT2D eigenvalue weighted by molar-refractivity contribution is 0.0802. The SMILES string of the molecule is O=C(NCC(O)CO)c1cnn(-c2cccc3c2[nH]c(=O)n3C2CCN(C(=O)Nc3ccc(I)cc3)CC2)c1. The highest BCUT2D eigenvalue weighted by atomic mass is 127. The number of nitrogens with one attached hydrogen (secondary N) is 3. The molecule has 0 aliphatic carbocycles. The molecular weight excluding hydrogens is 617 g/mol. The van der Waals surface area contributed by atoms with E-state index in [-0.39, 0.29) is 29.9 Å². The summed E-state index contributed by atoms with van der Waals surface area (Å²) in [7, 11) is 0. The first-order chi connectivity index (χ1) is 18.8. The number of halogens is 1. The Kier molecular flexibility index (Phi) is 7.99. The van der Waals surface area contributed by atoms with Gasteiger partial charge in [0.05, 0.1) is 41.2 Å². The zero-order chi connectivity index (χ0) is 27.5. The smallest absolute Gasteiger partial charge is 0.326 e. The number of aliphatic hydroxyl groups excluding tert-OH is 2. The van der Waals surface area contributed by atoms with Crippen molar-refractivity contribution in [2.45, 2.75) is 25.0 Å². The average molecular weight is 645 g/mol. The highest BCUT2D eigenvalue weighted by Crippen LogP contribution is 2.27. The predicted octanol–water partition coefficient (Wildman–Crippen LogP) is 2.07. The monoisotopic (exact) mass is 645 g/mol. The summed E-state index contributed by atoms with van der Waals surface area (Å²) < 4.78 is 4.34. The second-order valence-electron chi connectivity index (χ2n) is 9.35. The molecule has 1 fully saturated rings. The molecule has 2 aromatic heterocycles. The number of likely N-dealkylation sites (tertiary alicyclic amines) is 1. The highest BCUT2D eigenvalue weighted by molar-refractivity contribution is 14.1. The number of imidazole rings is 1. The summed E-state index contributed by atoms with van der Waals surface area (Å²) in [5, 5.41) is 28.1. The molecule has 1 unspecified atom stereocenters. The summed E-state index contributed by atoms with van der Waals surface area (Å²) in [6.07, 6.45) is 3.14. The largest absolute Gasteiger partial charge is 0.394 e. The molecule has 5 rings (SSSR count). The van der Waals surface area contributed by atoms with Crippen LogP contribution in [0.4, 0.5) is 10.5 Å². The van der Waals surface area contributed by atoms with Gasteiger partial charge in [0.2, 0.25) is 0 Å².